The maximum absolute atomic E-state index is 11.4. The molecule has 4 nitrogen and oxygen atoms in total. The van der Waals surface area contributed by atoms with Crippen molar-refractivity contribution in [2.24, 2.45) is 10.8 Å². The van der Waals surface area contributed by atoms with Crippen LogP contribution < -0.4 is 0 Å². The van der Waals surface area contributed by atoms with Gasteiger partial charge in [-0.15, -0.1) is 0 Å². The van der Waals surface area contributed by atoms with Gasteiger partial charge in [0.15, 0.2) is 0 Å². The first-order valence-corrected chi connectivity index (χ1v) is 5.36. The maximum atomic E-state index is 11.4. The van der Waals surface area contributed by atoms with Crippen LogP contribution in [0.1, 0.15) is 48.0 Å². The summed E-state index contributed by atoms with van der Waals surface area (Å²) in [5, 5.41) is 8.50. The average Bonchev–Trinajstić information content (AvgIpc) is 1.94. The van der Waals surface area contributed by atoms with Gasteiger partial charge in [-0.1, -0.05) is 41.5 Å². The molecular weight excluding hydrogens is 208 g/mol. The first kappa shape index (κ1) is 14.9. The van der Waals surface area contributed by atoms with Crippen LogP contribution >= 0.6 is 0 Å². The summed E-state index contributed by atoms with van der Waals surface area (Å²) in [6.07, 6.45) is -0.894. The van der Waals surface area contributed by atoms with Gasteiger partial charge in [0, 0.05) is 0 Å². The number of esters is 1. The van der Waals surface area contributed by atoms with Gasteiger partial charge in [0.2, 0.25) is 0 Å². The van der Waals surface area contributed by atoms with Crippen molar-refractivity contribution < 1.29 is 19.4 Å². The Morgan fingerprint density at radius 1 is 1.06 bits per heavy atom. The van der Waals surface area contributed by atoms with Crippen molar-refractivity contribution in [2.75, 3.05) is 0 Å². The van der Waals surface area contributed by atoms with Gasteiger partial charge in [-0.25, -0.2) is 0 Å². The zero-order valence-electron chi connectivity index (χ0n) is 11.0. The monoisotopic (exact) mass is 230 g/mol. The van der Waals surface area contributed by atoms with E-state index in [1.807, 2.05) is 41.5 Å². The van der Waals surface area contributed by atoms with Crippen LogP contribution in [0.25, 0.3) is 0 Å². The van der Waals surface area contributed by atoms with Gasteiger partial charge in [-0.05, 0) is 10.8 Å². The van der Waals surface area contributed by atoms with Crippen LogP contribution in [0.5, 0.6) is 0 Å². The van der Waals surface area contributed by atoms with Crippen LogP contribution in [0.3, 0.4) is 0 Å². The van der Waals surface area contributed by atoms with E-state index >= 15 is 0 Å². The molecule has 0 saturated carbocycles. The molecule has 16 heavy (non-hydrogen) atoms. The minimum atomic E-state index is -1.16. The van der Waals surface area contributed by atoms with Crippen molar-refractivity contribution >= 4 is 11.9 Å². The van der Waals surface area contributed by atoms with Crippen molar-refractivity contribution in [1.29, 1.82) is 0 Å². The lowest BCUT2D eigenvalue weighted by Crippen LogP contribution is -2.42. The molecule has 0 saturated heterocycles. The second-order valence-corrected chi connectivity index (χ2v) is 6.17. The summed E-state index contributed by atoms with van der Waals surface area (Å²) < 4.78 is 5.27. The minimum Gasteiger partial charge on any atom is -0.481 e. The van der Waals surface area contributed by atoms with E-state index < -0.39 is 18.4 Å². The second-order valence-electron chi connectivity index (χ2n) is 6.17. The number of aliphatic carboxylic acids is 1. The molecule has 0 aromatic rings. The predicted octanol–water partition coefficient (Wildman–Crippen LogP) is 2.47. The first-order chi connectivity index (χ1) is 6.94. The van der Waals surface area contributed by atoms with Crippen LogP contribution in [0.2, 0.25) is 0 Å². The number of carboxylic acid groups (broad SMARTS) is 1. The Labute approximate surface area is 97.0 Å². The van der Waals surface area contributed by atoms with E-state index in [0.717, 1.165) is 0 Å². The third-order valence-electron chi connectivity index (χ3n) is 2.12. The number of carboxylic acids is 1. The summed E-state index contributed by atoms with van der Waals surface area (Å²) >= 11 is 0. The smallest absolute Gasteiger partial charge is 0.317 e. The number of ether oxygens (including phenoxy) is 1. The Kier molecular flexibility index (Phi) is 4.53. The summed E-state index contributed by atoms with van der Waals surface area (Å²) in [7, 11) is 0. The molecule has 94 valence electrons. The predicted molar refractivity (Wildman–Crippen MR) is 61.0 cm³/mol. The lowest BCUT2D eigenvalue weighted by atomic mass is 9.74. The lowest BCUT2D eigenvalue weighted by Gasteiger charge is -2.39. The molecule has 0 aromatic heterocycles. The summed E-state index contributed by atoms with van der Waals surface area (Å²) in [5.41, 5.74) is -0.432. The molecule has 1 N–H and O–H groups in total. The van der Waals surface area contributed by atoms with Crippen molar-refractivity contribution in [3.05, 3.63) is 0 Å². The van der Waals surface area contributed by atoms with Crippen molar-refractivity contribution in [2.45, 2.75) is 54.1 Å². The molecule has 0 heterocycles. The molecule has 0 aliphatic carbocycles. The van der Waals surface area contributed by atoms with Crippen LogP contribution in [0.15, 0.2) is 0 Å². The van der Waals surface area contributed by atoms with Gasteiger partial charge >= 0.3 is 11.9 Å². The standard InChI is InChI=1S/C12H22O4/c1-11(2,3)10(12(4,5)6)16-9(15)7-8(13)14/h10H,7H2,1-6H3,(H,13,14). The van der Waals surface area contributed by atoms with E-state index in [1.54, 1.807) is 0 Å². The molecule has 0 fully saturated rings. The van der Waals surface area contributed by atoms with Gasteiger partial charge in [-0.3, -0.25) is 9.59 Å². The second kappa shape index (κ2) is 4.85. The van der Waals surface area contributed by atoms with Gasteiger partial charge in [0.05, 0.1) is 0 Å². The molecule has 0 amide bonds. The van der Waals surface area contributed by atoms with Gasteiger partial charge < -0.3 is 9.84 Å². The summed E-state index contributed by atoms with van der Waals surface area (Å²) in [6, 6.07) is 0. The number of carbonyl (C=O) groups is 2. The third-order valence-corrected chi connectivity index (χ3v) is 2.12. The SMILES string of the molecule is CC(C)(C)C(OC(=O)CC(=O)O)C(C)(C)C. The Bertz CT molecular complexity index is 254. The van der Waals surface area contributed by atoms with Crippen molar-refractivity contribution in [3.63, 3.8) is 0 Å². The average molecular weight is 230 g/mol. The minimum absolute atomic E-state index is 0.216. The van der Waals surface area contributed by atoms with Crippen LogP contribution in [-0.2, 0) is 14.3 Å². The summed E-state index contributed by atoms with van der Waals surface area (Å²) in [5.74, 6) is -1.84. The molecule has 0 unspecified atom stereocenters. The van der Waals surface area contributed by atoms with E-state index in [-0.39, 0.29) is 16.9 Å². The largest absolute Gasteiger partial charge is 0.481 e. The van der Waals surface area contributed by atoms with Gasteiger partial charge in [-0.2, -0.15) is 0 Å². The molecule has 0 spiro atoms. The number of hydrogen-bond donors (Lipinski definition) is 1. The molecule has 0 rings (SSSR count). The summed E-state index contributed by atoms with van der Waals surface area (Å²) in [6.45, 7) is 11.8. The van der Waals surface area contributed by atoms with Gasteiger partial charge in [0.25, 0.3) is 0 Å². The zero-order valence-corrected chi connectivity index (χ0v) is 11.0. The molecule has 0 aliphatic heterocycles. The Morgan fingerprint density at radius 3 is 1.69 bits per heavy atom. The van der Waals surface area contributed by atoms with Crippen molar-refractivity contribution in [1.82, 2.24) is 0 Å². The number of hydrogen-bond acceptors (Lipinski definition) is 3. The number of carbonyl (C=O) groups excluding carboxylic acids is 1. The van der Waals surface area contributed by atoms with E-state index in [9.17, 15) is 9.59 Å². The topological polar surface area (TPSA) is 63.6 Å². The first-order valence-electron chi connectivity index (χ1n) is 5.36. The fraction of sp³-hybridized carbons (Fsp3) is 0.833. The highest BCUT2D eigenvalue weighted by molar-refractivity contribution is 5.90. The molecule has 0 aromatic carbocycles. The molecule has 0 bridgehead atoms. The van der Waals surface area contributed by atoms with Crippen LogP contribution in [0, 0.1) is 10.8 Å². The molecule has 0 atom stereocenters. The molecule has 0 aliphatic rings. The third kappa shape index (κ3) is 5.14. The van der Waals surface area contributed by atoms with E-state index in [2.05, 4.69) is 0 Å². The quantitative estimate of drug-likeness (QED) is 0.597. The fourth-order valence-electron chi connectivity index (χ4n) is 1.95. The fourth-order valence-corrected chi connectivity index (χ4v) is 1.95. The van der Waals surface area contributed by atoms with E-state index in [1.165, 1.54) is 0 Å². The highest BCUT2D eigenvalue weighted by Gasteiger charge is 2.38. The maximum Gasteiger partial charge on any atom is 0.317 e. The highest BCUT2D eigenvalue weighted by Crippen LogP contribution is 2.36. The number of rotatable bonds is 3. The van der Waals surface area contributed by atoms with E-state index in [4.69, 9.17) is 9.84 Å². The Morgan fingerprint density at radius 2 is 1.44 bits per heavy atom. The van der Waals surface area contributed by atoms with Crippen LogP contribution in [-0.4, -0.2) is 23.1 Å². The summed E-state index contributed by atoms with van der Waals surface area (Å²) in [4.78, 5) is 21.7. The molecular formula is C12H22O4. The molecule has 4 heteroatoms. The Balaban J connectivity index is 4.71. The lowest BCUT2D eigenvalue weighted by molar-refractivity contribution is -0.167. The zero-order chi connectivity index (χ0) is 13.1. The normalized spacial score (nSPS) is 12.7. The van der Waals surface area contributed by atoms with Crippen LogP contribution in [0.4, 0.5) is 0 Å². The van der Waals surface area contributed by atoms with E-state index in [0.29, 0.717) is 0 Å². The Hall–Kier alpha value is -1.06. The highest BCUT2D eigenvalue weighted by atomic mass is 16.5. The van der Waals surface area contributed by atoms with Gasteiger partial charge in [0.1, 0.15) is 12.5 Å². The van der Waals surface area contributed by atoms with Crippen molar-refractivity contribution in [3.8, 4) is 0 Å². The molecule has 0 radical (unpaired) electrons.